The molecule has 9 heteroatoms. The quantitative estimate of drug-likeness (QED) is 0.713. The summed E-state index contributed by atoms with van der Waals surface area (Å²) in [5.41, 5.74) is 1.76. The van der Waals surface area contributed by atoms with Gasteiger partial charge in [0.25, 0.3) is 0 Å². The minimum Gasteiger partial charge on any atom is -0.371 e. The first-order valence-electron chi connectivity index (χ1n) is 10.5. The van der Waals surface area contributed by atoms with Gasteiger partial charge in [0, 0.05) is 32.7 Å². The van der Waals surface area contributed by atoms with Crippen LogP contribution in [-0.4, -0.2) is 55.4 Å². The average Bonchev–Trinajstić information content (AvgIpc) is 2.76. The standard InChI is InChI=1S/C23H30FN3O4S/c1-23(2,3)31-17-19-7-4-6-18(14-19)16-25-22(28)26-10-12-27(13-11-26)32(29,30)21-9-5-8-20(24)15-21/h4-9,14-15H,10-13,16-17H2,1-3H3,(H,25,28). The second kappa shape index (κ2) is 9.97. The Morgan fingerprint density at radius 1 is 1.03 bits per heavy atom. The summed E-state index contributed by atoms with van der Waals surface area (Å²) in [5, 5.41) is 2.89. The number of nitrogens with one attached hydrogen (secondary N) is 1. The fourth-order valence-electron chi connectivity index (χ4n) is 3.33. The molecule has 1 heterocycles. The molecule has 1 saturated heterocycles. The van der Waals surface area contributed by atoms with Gasteiger partial charge in [-0.15, -0.1) is 0 Å². The van der Waals surface area contributed by atoms with E-state index in [2.05, 4.69) is 5.32 Å². The zero-order valence-electron chi connectivity index (χ0n) is 18.7. The van der Waals surface area contributed by atoms with E-state index in [1.165, 1.54) is 22.5 Å². The molecular formula is C23H30FN3O4S. The molecular weight excluding hydrogens is 433 g/mol. The third-order valence-corrected chi connectivity index (χ3v) is 6.96. The van der Waals surface area contributed by atoms with Crippen LogP contribution in [-0.2, 0) is 27.9 Å². The molecule has 0 spiro atoms. The van der Waals surface area contributed by atoms with Crippen LogP contribution in [0.3, 0.4) is 0 Å². The smallest absolute Gasteiger partial charge is 0.317 e. The molecule has 3 rings (SSSR count). The molecule has 174 valence electrons. The third kappa shape index (κ3) is 6.51. The number of piperazine rings is 1. The summed E-state index contributed by atoms with van der Waals surface area (Å²) in [7, 11) is -3.79. The summed E-state index contributed by atoms with van der Waals surface area (Å²) in [6.45, 7) is 7.70. The van der Waals surface area contributed by atoms with Crippen molar-refractivity contribution in [2.45, 2.75) is 44.4 Å². The summed E-state index contributed by atoms with van der Waals surface area (Å²) in [6, 6.07) is 12.6. The van der Waals surface area contributed by atoms with Crippen molar-refractivity contribution in [1.29, 1.82) is 0 Å². The Labute approximate surface area is 189 Å². The van der Waals surface area contributed by atoms with Crippen LogP contribution in [0.25, 0.3) is 0 Å². The highest BCUT2D eigenvalue weighted by Crippen LogP contribution is 2.19. The molecule has 2 aromatic carbocycles. The predicted molar refractivity (Wildman–Crippen MR) is 120 cm³/mol. The maximum atomic E-state index is 13.4. The van der Waals surface area contributed by atoms with Crippen LogP contribution < -0.4 is 5.32 Å². The molecule has 0 unspecified atom stereocenters. The topological polar surface area (TPSA) is 79.0 Å². The number of benzene rings is 2. The molecule has 1 aliphatic heterocycles. The van der Waals surface area contributed by atoms with Crippen molar-refractivity contribution in [1.82, 2.24) is 14.5 Å². The lowest BCUT2D eigenvalue weighted by molar-refractivity contribution is -0.0149. The molecule has 1 fully saturated rings. The van der Waals surface area contributed by atoms with E-state index >= 15 is 0 Å². The molecule has 0 radical (unpaired) electrons. The molecule has 2 aromatic rings. The normalized spacial score (nSPS) is 15.6. The van der Waals surface area contributed by atoms with E-state index in [9.17, 15) is 17.6 Å². The van der Waals surface area contributed by atoms with E-state index in [1.54, 1.807) is 4.90 Å². The minimum absolute atomic E-state index is 0.0780. The highest BCUT2D eigenvalue weighted by Gasteiger charge is 2.30. The number of halogens is 1. The van der Waals surface area contributed by atoms with Gasteiger partial charge in [0.15, 0.2) is 0 Å². The first-order valence-corrected chi connectivity index (χ1v) is 12.0. The molecule has 0 bridgehead atoms. The number of ether oxygens (including phenoxy) is 1. The van der Waals surface area contributed by atoms with Crippen molar-refractivity contribution in [3.05, 3.63) is 65.5 Å². The van der Waals surface area contributed by atoms with Crippen molar-refractivity contribution in [2.75, 3.05) is 26.2 Å². The van der Waals surface area contributed by atoms with E-state index in [-0.39, 0.29) is 42.7 Å². The monoisotopic (exact) mass is 463 g/mol. The number of rotatable bonds is 6. The van der Waals surface area contributed by atoms with Gasteiger partial charge in [0.05, 0.1) is 17.1 Å². The Balaban J connectivity index is 1.51. The van der Waals surface area contributed by atoms with Crippen LogP contribution in [0, 0.1) is 5.82 Å². The highest BCUT2D eigenvalue weighted by atomic mass is 32.2. The van der Waals surface area contributed by atoms with Gasteiger partial charge in [0.2, 0.25) is 10.0 Å². The summed E-state index contributed by atoms with van der Waals surface area (Å²) in [5.74, 6) is -0.599. The second-order valence-corrected chi connectivity index (χ2v) is 10.7. The third-order valence-electron chi connectivity index (χ3n) is 5.07. The number of nitrogens with zero attached hydrogens (tertiary/aromatic N) is 2. The fourth-order valence-corrected chi connectivity index (χ4v) is 4.78. The first kappa shape index (κ1) is 24.2. The molecule has 1 aliphatic rings. The lowest BCUT2D eigenvalue weighted by Gasteiger charge is -2.34. The van der Waals surface area contributed by atoms with Crippen LogP contribution in [0.5, 0.6) is 0 Å². The van der Waals surface area contributed by atoms with Crippen LogP contribution in [0.2, 0.25) is 0 Å². The molecule has 1 N–H and O–H groups in total. The summed E-state index contributed by atoms with van der Waals surface area (Å²) in [4.78, 5) is 14.1. The molecule has 7 nitrogen and oxygen atoms in total. The molecule has 2 amide bonds. The van der Waals surface area contributed by atoms with Gasteiger partial charge in [-0.2, -0.15) is 4.31 Å². The minimum atomic E-state index is -3.79. The predicted octanol–water partition coefficient (Wildman–Crippen LogP) is 3.36. The molecule has 0 aromatic heterocycles. The van der Waals surface area contributed by atoms with E-state index in [0.29, 0.717) is 13.2 Å². The van der Waals surface area contributed by atoms with Crippen molar-refractivity contribution >= 4 is 16.1 Å². The van der Waals surface area contributed by atoms with Gasteiger partial charge >= 0.3 is 6.03 Å². The fraction of sp³-hybridized carbons (Fsp3) is 0.435. The van der Waals surface area contributed by atoms with Crippen molar-refractivity contribution in [3.8, 4) is 0 Å². The van der Waals surface area contributed by atoms with E-state index in [1.807, 2.05) is 45.0 Å². The number of urea groups is 1. The Morgan fingerprint density at radius 2 is 1.69 bits per heavy atom. The maximum Gasteiger partial charge on any atom is 0.317 e. The number of hydrogen-bond donors (Lipinski definition) is 1. The van der Waals surface area contributed by atoms with Gasteiger partial charge in [0.1, 0.15) is 5.82 Å². The SMILES string of the molecule is CC(C)(C)OCc1cccc(CNC(=O)N2CCN(S(=O)(=O)c3cccc(F)c3)CC2)c1. The Kier molecular flexibility index (Phi) is 7.53. The lowest BCUT2D eigenvalue weighted by Crippen LogP contribution is -2.52. The number of carbonyl (C=O) groups is 1. The number of hydrogen-bond acceptors (Lipinski definition) is 4. The summed E-state index contributed by atoms with van der Waals surface area (Å²) in [6.07, 6.45) is 0. The van der Waals surface area contributed by atoms with Crippen molar-refractivity contribution < 1.29 is 22.3 Å². The van der Waals surface area contributed by atoms with Gasteiger partial charge in [-0.1, -0.05) is 30.3 Å². The summed E-state index contributed by atoms with van der Waals surface area (Å²) < 4.78 is 45.9. The van der Waals surface area contributed by atoms with Crippen molar-refractivity contribution in [2.24, 2.45) is 0 Å². The summed E-state index contributed by atoms with van der Waals surface area (Å²) >= 11 is 0. The van der Waals surface area contributed by atoms with Gasteiger partial charge in [-0.3, -0.25) is 0 Å². The van der Waals surface area contributed by atoms with Crippen LogP contribution >= 0.6 is 0 Å². The molecule has 0 aliphatic carbocycles. The van der Waals surface area contributed by atoms with Gasteiger partial charge < -0.3 is 15.0 Å². The Morgan fingerprint density at radius 3 is 2.34 bits per heavy atom. The Bertz CT molecular complexity index is 1050. The Hall–Kier alpha value is -2.49. The first-order chi connectivity index (χ1) is 15.0. The molecule has 32 heavy (non-hydrogen) atoms. The average molecular weight is 464 g/mol. The van der Waals surface area contributed by atoms with Crippen molar-refractivity contribution in [3.63, 3.8) is 0 Å². The number of sulfonamides is 1. The maximum absolute atomic E-state index is 13.4. The highest BCUT2D eigenvalue weighted by molar-refractivity contribution is 7.89. The van der Waals surface area contributed by atoms with E-state index in [4.69, 9.17) is 4.74 Å². The number of carbonyl (C=O) groups excluding carboxylic acids is 1. The van der Waals surface area contributed by atoms with Crippen LogP contribution in [0.15, 0.2) is 53.4 Å². The van der Waals surface area contributed by atoms with E-state index < -0.39 is 15.8 Å². The van der Waals surface area contributed by atoms with Crippen LogP contribution in [0.1, 0.15) is 31.9 Å². The lowest BCUT2D eigenvalue weighted by atomic mass is 10.1. The zero-order valence-corrected chi connectivity index (χ0v) is 19.5. The number of amides is 2. The van der Waals surface area contributed by atoms with Gasteiger partial charge in [-0.05, 0) is 50.1 Å². The molecule has 0 atom stereocenters. The zero-order chi connectivity index (χ0) is 23.4. The van der Waals surface area contributed by atoms with Gasteiger partial charge in [-0.25, -0.2) is 17.6 Å². The largest absolute Gasteiger partial charge is 0.371 e. The van der Waals surface area contributed by atoms with E-state index in [0.717, 1.165) is 17.2 Å². The molecule has 0 saturated carbocycles. The second-order valence-electron chi connectivity index (χ2n) is 8.73. The van der Waals surface area contributed by atoms with Crippen LogP contribution in [0.4, 0.5) is 9.18 Å².